The lowest BCUT2D eigenvalue weighted by atomic mass is 9.97. The maximum atomic E-state index is 11.0. The second-order valence-electron chi connectivity index (χ2n) is 6.58. The van der Waals surface area contributed by atoms with Gasteiger partial charge in [-0.1, -0.05) is 18.2 Å². The van der Waals surface area contributed by atoms with Crippen LogP contribution in [0.1, 0.15) is 18.4 Å². The van der Waals surface area contributed by atoms with Gasteiger partial charge >= 0.3 is 5.69 Å². The van der Waals surface area contributed by atoms with Gasteiger partial charge in [0, 0.05) is 18.0 Å². The van der Waals surface area contributed by atoms with E-state index < -0.39 is 4.92 Å². The third-order valence-corrected chi connectivity index (χ3v) is 5.59. The Labute approximate surface area is 162 Å². The fraction of sp³-hybridized carbons (Fsp3) is 0.444. The van der Waals surface area contributed by atoms with E-state index in [-0.39, 0.29) is 11.5 Å². The Kier molecular flexibility index (Phi) is 6.46. The minimum Gasteiger partial charge on any atom is -0.378 e. The number of anilines is 2. The fourth-order valence-corrected chi connectivity index (χ4v) is 3.91. The van der Waals surface area contributed by atoms with E-state index in [1.54, 1.807) is 11.8 Å². The molecule has 0 spiro atoms. The van der Waals surface area contributed by atoms with Crippen LogP contribution in [0, 0.1) is 16.0 Å². The quantitative estimate of drug-likeness (QED) is 0.423. The van der Waals surface area contributed by atoms with E-state index in [0.717, 1.165) is 32.5 Å². The van der Waals surface area contributed by atoms with Gasteiger partial charge in [-0.05, 0) is 49.7 Å². The first-order valence-corrected chi connectivity index (χ1v) is 10.2. The van der Waals surface area contributed by atoms with Gasteiger partial charge in [0.25, 0.3) is 0 Å². The van der Waals surface area contributed by atoms with Crippen molar-refractivity contribution in [3.8, 4) is 0 Å². The molecule has 1 aliphatic rings. The normalized spacial score (nSPS) is 14.9. The van der Waals surface area contributed by atoms with E-state index in [0.29, 0.717) is 18.4 Å². The molecule has 0 atom stereocenters. The molecule has 2 heterocycles. The summed E-state index contributed by atoms with van der Waals surface area (Å²) in [5, 5.41) is 14.4. The fourth-order valence-electron chi connectivity index (χ4n) is 3.30. The summed E-state index contributed by atoms with van der Waals surface area (Å²) in [4.78, 5) is 22.2. The van der Waals surface area contributed by atoms with Crippen molar-refractivity contribution in [1.29, 1.82) is 0 Å². The van der Waals surface area contributed by atoms with Gasteiger partial charge in [-0.15, -0.1) is 11.8 Å². The van der Waals surface area contributed by atoms with Crippen molar-refractivity contribution in [1.82, 2.24) is 15.3 Å². The molecule has 1 aliphatic heterocycles. The Hall–Kier alpha value is -2.39. The molecule has 0 saturated carbocycles. The van der Waals surface area contributed by atoms with Gasteiger partial charge < -0.3 is 16.0 Å². The van der Waals surface area contributed by atoms with Crippen LogP contribution in [0.5, 0.6) is 0 Å². The minimum absolute atomic E-state index is 0.0986. The summed E-state index contributed by atoms with van der Waals surface area (Å²) in [7, 11) is 0. The highest BCUT2D eigenvalue weighted by molar-refractivity contribution is 7.98. The largest absolute Gasteiger partial charge is 0.378 e. The van der Waals surface area contributed by atoms with Gasteiger partial charge in [-0.2, -0.15) is 4.98 Å². The first-order chi connectivity index (χ1) is 13.1. The van der Waals surface area contributed by atoms with Gasteiger partial charge in [0.1, 0.15) is 6.20 Å². The highest BCUT2D eigenvalue weighted by Crippen LogP contribution is 2.26. The van der Waals surface area contributed by atoms with Crippen molar-refractivity contribution in [2.75, 3.05) is 36.5 Å². The van der Waals surface area contributed by atoms with Crippen LogP contribution in [0.2, 0.25) is 0 Å². The van der Waals surface area contributed by atoms with Crippen LogP contribution >= 0.6 is 11.8 Å². The van der Waals surface area contributed by atoms with Crippen LogP contribution in [-0.4, -0.2) is 40.8 Å². The summed E-state index contributed by atoms with van der Waals surface area (Å²) < 4.78 is 0. The molecule has 1 aromatic heterocycles. The lowest BCUT2D eigenvalue weighted by Crippen LogP contribution is -2.37. The molecule has 1 fully saturated rings. The van der Waals surface area contributed by atoms with Gasteiger partial charge in [0.15, 0.2) is 0 Å². The maximum Gasteiger partial charge on any atom is 0.329 e. The van der Waals surface area contributed by atoms with E-state index >= 15 is 0 Å². The van der Waals surface area contributed by atoms with Crippen molar-refractivity contribution in [3.63, 3.8) is 0 Å². The third kappa shape index (κ3) is 4.86. The van der Waals surface area contributed by atoms with Gasteiger partial charge in [0.05, 0.1) is 4.92 Å². The number of nitrogen functional groups attached to an aromatic ring is 1. The number of nitrogens with one attached hydrogen (secondary N) is 1. The first kappa shape index (κ1) is 19.4. The van der Waals surface area contributed by atoms with E-state index in [4.69, 9.17) is 5.73 Å². The summed E-state index contributed by atoms with van der Waals surface area (Å²) >= 11 is 1.70. The van der Waals surface area contributed by atoms with E-state index in [1.165, 1.54) is 16.7 Å². The molecule has 1 aromatic carbocycles. The molecule has 1 saturated heterocycles. The Morgan fingerprint density at radius 2 is 2.11 bits per heavy atom. The van der Waals surface area contributed by atoms with Crippen molar-refractivity contribution < 1.29 is 4.92 Å². The third-order valence-electron chi connectivity index (χ3n) is 4.76. The van der Waals surface area contributed by atoms with Crippen molar-refractivity contribution in [2.24, 2.45) is 5.92 Å². The van der Waals surface area contributed by atoms with Crippen molar-refractivity contribution >= 4 is 29.2 Å². The number of rotatable bonds is 7. The monoisotopic (exact) mass is 388 g/mol. The Morgan fingerprint density at radius 3 is 2.78 bits per heavy atom. The average Bonchev–Trinajstić information content (AvgIpc) is 2.68. The zero-order chi connectivity index (χ0) is 19.2. The SMILES string of the molecule is CSc1ccccc1CN(CC1CCNCC1)c1ncc([N+](=O)[O-])c(N)n1. The number of benzene rings is 1. The molecule has 3 rings (SSSR count). The van der Waals surface area contributed by atoms with Gasteiger partial charge in [0.2, 0.25) is 11.8 Å². The maximum absolute atomic E-state index is 11.0. The zero-order valence-electron chi connectivity index (χ0n) is 15.3. The lowest BCUT2D eigenvalue weighted by molar-refractivity contribution is -0.384. The first-order valence-electron chi connectivity index (χ1n) is 8.93. The van der Waals surface area contributed by atoms with Crippen LogP contribution in [0.25, 0.3) is 0 Å². The van der Waals surface area contributed by atoms with E-state index in [1.807, 2.05) is 12.1 Å². The predicted octanol–water partition coefficient (Wildman–Crippen LogP) is 2.70. The molecule has 2 aromatic rings. The van der Waals surface area contributed by atoms with Crippen LogP contribution in [-0.2, 0) is 6.54 Å². The van der Waals surface area contributed by atoms with Gasteiger partial charge in [-0.3, -0.25) is 10.1 Å². The predicted molar refractivity (Wildman–Crippen MR) is 108 cm³/mol. The molecule has 0 amide bonds. The van der Waals surface area contributed by atoms with Crippen LogP contribution in [0.3, 0.4) is 0 Å². The molecule has 9 heteroatoms. The standard InChI is InChI=1S/C18H24N6O2S/c1-27-16-5-3-2-4-14(16)12-23(11-13-6-8-20-9-7-13)18-21-10-15(24(25)26)17(19)22-18/h2-5,10,13,20H,6-9,11-12H2,1H3,(H2,19,21,22). The molecule has 0 bridgehead atoms. The number of nitrogens with two attached hydrogens (primary N) is 1. The molecule has 0 aliphatic carbocycles. The number of piperidine rings is 1. The number of nitro groups is 1. The number of nitrogens with zero attached hydrogens (tertiary/aromatic N) is 4. The second-order valence-corrected chi connectivity index (χ2v) is 7.43. The molecule has 0 unspecified atom stereocenters. The smallest absolute Gasteiger partial charge is 0.329 e. The highest BCUT2D eigenvalue weighted by atomic mass is 32.2. The molecule has 0 radical (unpaired) electrons. The highest BCUT2D eigenvalue weighted by Gasteiger charge is 2.22. The molecule has 27 heavy (non-hydrogen) atoms. The average molecular weight is 388 g/mol. The summed E-state index contributed by atoms with van der Waals surface area (Å²) in [5.41, 5.74) is 6.73. The van der Waals surface area contributed by atoms with Crippen LogP contribution < -0.4 is 16.0 Å². The summed E-state index contributed by atoms with van der Waals surface area (Å²) in [6, 6.07) is 8.22. The topological polar surface area (TPSA) is 110 Å². The van der Waals surface area contributed by atoms with Crippen molar-refractivity contribution in [3.05, 3.63) is 46.1 Å². The van der Waals surface area contributed by atoms with E-state index in [9.17, 15) is 10.1 Å². The lowest BCUT2D eigenvalue weighted by Gasteiger charge is -2.30. The van der Waals surface area contributed by atoms with Crippen LogP contribution in [0.15, 0.2) is 35.4 Å². The zero-order valence-corrected chi connectivity index (χ0v) is 16.1. The van der Waals surface area contributed by atoms with Crippen molar-refractivity contribution in [2.45, 2.75) is 24.3 Å². The molecule has 8 nitrogen and oxygen atoms in total. The number of hydrogen-bond donors (Lipinski definition) is 2. The van der Waals surface area contributed by atoms with E-state index in [2.05, 4.69) is 38.6 Å². The van der Waals surface area contributed by atoms with Crippen LogP contribution in [0.4, 0.5) is 17.5 Å². The number of thioether (sulfide) groups is 1. The summed E-state index contributed by atoms with van der Waals surface area (Å²) in [6.07, 6.45) is 5.43. The molecular formula is C18H24N6O2S. The Balaban J connectivity index is 1.89. The minimum atomic E-state index is -0.556. The Morgan fingerprint density at radius 1 is 1.37 bits per heavy atom. The summed E-state index contributed by atoms with van der Waals surface area (Å²) in [5.74, 6) is 0.860. The molecule has 3 N–H and O–H groups in total. The number of hydrogen-bond acceptors (Lipinski definition) is 8. The Bertz CT molecular complexity index is 797. The second kappa shape index (κ2) is 9.01. The molecular weight excluding hydrogens is 364 g/mol. The summed E-state index contributed by atoms with van der Waals surface area (Å²) in [6.45, 7) is 3.44. The number of aromatic nitrogens is 2. The van der Waals surface area contributed by atoms with Gasteiger partial charge in [-0.25, -0.2) is 4.98 Å². The molecule has 144 valence electrons.